The molecule has 0 aliphatic heterocycles. The predicted molar refractivity (Wildman–Crippen MR) is 81.6 cm³/mol. The average molecular weight is 291 g/mol. The lowest BCUT2D eigenvalue weighted by Crippen LogP contribution is -2.57. The first-order chi connectivity index (χ1) is 9.96. The molecule has 21 heavy (non-hydrogen) atoms. The normalized spacial score (nSPS) is 51.3. The lowest BCUT2D eigenvalue weighted by atomic mass is 9.44. The van der Waals surface area contributed by atoms with E-state index in [1.165, 1.54) is 19.3 Å². The van der Waals surface area contributed by atoms with E-state index in [9.17, 15) is 9.90 Å². The third-order valence-corrected chi connectivity index (χ3v) is 6.90. The fourth-order valence-electron chi connectivity index (χ4n) is 6.64. The van der Waals surface area contributed by atoms with Gasteiger partial charge in [-0.2, -0.15) is 0 Å². The van der Waals surface area contributed by atoms with Crippen molar-refractivity contribution >= 4 is 5.91 Å². The highest BCUT2D eigenvalue weighted by atomic mass is 16.3. The number of aliphatic hydroxyl groups excluding tert-OH is 1. The summed E-state index contributed by atoms with van der Waals surface area (Å²) in [5.74, 6) is 2.43. The largest absolute Gasteiger partial charge is 0.393 e. The maximum Gasteiger partial charge on any atom is 0.226 e. The highest BCUT2D eigenvalue weighted by molar-refractivity contribution is 5.83. The van der Waals surface area contributed by atoms with Crippen LogP contribution in [0.15, 0.2) is 0 Å². The van der Waals surface area contributed by atoms with Crippen molar-refractivity contribution in [2.45, 2.75) is 70.8 Å². The highest BCUT2D eigenvalue weighted by Crippen LogP contribution is 2.65. The summed E-state index contributed by atoms with van der Waals surface area (Å²) in [6, 6.07) is 0. The molecule has 0 saturated heterocycles. The van der Waals surface area contributed by atoms with Crippen LogP contribution in [0, 0.1) is 28.6 Å². The Morgan fingerprint density at radius 2 is 1.86 bits per heavy atom. The van der Waals surface area contributed by atoms with Crippen LogP contribution in [0.2, 0.25) is 0 Å². The molecule has 5 rings (SSSR count). The third kappa shape index (κ3) is 2.42. The van der Waals surface area contributed by atoms with Crippen LogP contribution in [0.4, 0.5) is 0 Å². The predicted octanol–water partition coefficient (Wildman–Crippen LogP) is 2.87. The summed E-state index contributed by atoms with van der Waals surface area (Å²) in [7, 11) is 0. The molecule has 5 saturated carbocycles. The number of amides is 1. The van der Waals surface area contributed by atoms with Gasteiger partial charge in [-0.15, -0.1) is 0 Å². The summed E-state index contributed by atoms with van der Waals surface area (Å²) >= 11 is 0. The standard InChI is InChI=1S/C18H29NO2/c1-17-6-13-4-14(7-17)9-18(8-13,11-17)16(21)19-10-12-2-3-15(20)5-12/h12-15,20H,2-11H2,1H3,(H,19,21). The van der Waals surface area contributed by atoms with Crippen molar-refractivity contribution in [3.05, 3.63) is 0 Å². The maximum absolute atomic E-state index is 12.9. The van der Waals surface area contributed by atoms with Crippen molar-refractivity contribution < 1.29 is 9.90 Å². The summed E-state index contributed by atoms with van der Waals surface area (Å²) in [4.78, 5) is 12.9. The van der Waals surface area contributed by atoms with Gasteiger partial charge in [0.2, 0.25) is 5.91 Å². The average Bonchev–Trinajstić information content (AvgIpc) is 2.79. The summed E-state index contributed by atoms with van der Waals surface area (Å²) in [6.45, 7) is 3.20. The first-order valence-electron chi connectivity index (χ1n) is 8.93. The van der Waals surface area contributed by atoms with Gasteiger partial charge in [0.15, 0.2) is 0 Å². The molecule has 0 spiro atoms. The quantitative estimate of drug-likeness (QED) is 0.840. The zero-order chi connectivity index (χ0) is 14.7. The molecule has 4 unspecified atom stereocenters. The van der Waals surface area contributed by atoms with Gasteiger partial charge in [0.25, 0.3) is 0 Å². The number of rotatable bonds is 3. The molecule has 3 heteroatoms. The van der Waals surface area contributed by atoms with Crippen molar-refractivity contribution in [1.29, 1.82) is 0 Å². The highest BCUT2D eigenvalue weighted by Gasteiger charge is 2.58. The third-order valence-electron chi connectivity index (χ3n) is 6.90. The molecule has 5 aliphatic rings. The van der Waals surface area contributed by atoms with Gasteiger partial charge in [-0.05, 0) is 81.0 Å². The van der Waals surface area contributed by atoms with Crippen LogP contribution >= 0.6 is 0 Å². The summed E-state index contributed by atoms with van der Waals surface area (Å²) in [6.07, 6.45) is 10.2. The van der Waals surface area contributed by atoms with Crippen molar-refractivity contribution in [3.63, 3.8) is 0 Å². The zero-order valence-corrected chi connectivity index (χ0v) is 13.2. The van der Waals surface area contributed by atoms with E-state index in [1.807, 2.05) is 0 Å². The Hall–Kier alpha value is -0.570. The van der Waals surface area contributed by atoms with Gasteiger partial charge < -0.3 is 10.4 Å². The van der Waals surface area contributed by atoms with Crippen LogP contribution in [-0.2, 0) is 4.79 Å². The van der Waals surface area contributed by atoms with E-state index >= 15 is 0 Å². The minimum atomic E-state index is -0.134. The second-order valence-electron chi connectivity index (χ2n) is 9.09. The number of aliphatic hydroxyl groups is 1. The van der Waals surface area contributed by atoms with Crippen molar-refractivity contribution in [2.24, 2.45) is 28.6 Å². The van der Waals surface area contributed by atoms with E-state index in [1.54, 1.807) is 0 Å². The molecule has 118 valence electrons. The number of hydrogen-bond donors (Lipinski definition) is 2. The maximum atomic E-state index is 12.9. The molecule has 4 atom stereocenters. The lowest BCUT2D eigenvalue weighted by Gasteiger charge is -2.60. The SMILES string of the molecule is CC12CC3CC(C1)CC(C(=O)NCC1CCC(O)C1)(C3)C2. The van der Waals surface area contributed by atoms with Gasteiger partial charge in [0.05, 0.1) is 11.5 Å². The molecule has 5 fully saturated rings. The Labute approximate surface area is 127 Å². The van der Waals surface area contributed by atoms with E-state index in [-0.39, 0.29) is 11.5 Å². The van der Waals surface area contributed by atoms with Crippen LogP contribution in [0.5, 0.6) is 0 Å². The second-order valence-corrected chi connectivity index (χ2v) is 9.09. The number of carbonyl (C=O) groups is 1. The first kappa shape index (κ1) is 14.0. The molecule has 0 aromatic carbocycles. The molecular weight excluding hydrogens is 262 g/mol. The van der Waals surface area contributed by atoms with Crippen LogP contribution in [0.25, 0.3) is 0 Å². The van der Waals surface area contributed by atoms with Gasteiger partial charge in [-0.3, -0.25) is 4.79 Å². The van der Waals surface area contributed by atoms with E-state index in [0.29, 0.717) is 17.2 Å². The molecule has 0 radical (unpaired) electrons. The van der Waals surface area contributed by atoms with Gasteiger partial charge in [-0.1, -0.05) is 6.92 Å². The molecule has 0 aromatic heterocycles. The van der Waals surface area contributed by atoms with Crippen LogP contribution in [0.1, 0.15) is 64.7 Å². The Bertz CT molecular complexity index is 432. The molecule has 5 aliphatic carbocycles. The summed E-state index contributed by atoms with van der Waals surface area (Å²) in [5, 5.41) is 12.9. The van der Waals surface area contributed by atoms with Gasteiger partial charge in [0, 0.05) is 6.54 Å². The molecule has 0 aromatic rings. The smallest absolute Gasteiger partial charge is 0.226 e. The van der Waals surface area contributed by atoms with E-state index < -0.39 is 0 Å². The molecule has 3 nitrogen and oxygen atoms in total. The zero-order valence-electron chi connectivity index (χ0n) is 13.2. The van der Waals surface area contributed by atoms with E-state index in [4.69, 9.17) is 0 Å². The second kappa shape index (κ2) is 4.71. The Balaban J connectivity index is 1.42. The number of carbonyl (C=O) groups excluding carboxylic acids is 1. The van der Waals surface area contributed by atoms with Gasteiger partial charge in [0.1, 0.15) is 0 Å². The monoisotopic (exact) mass is 291 g/mol. The summed E-state index contributed by atoms with van der Waals surface area (Å²) in [5.41, 5.74) is 0.390. The molecule has 0 heterocycles. The molecule has 1 amide bonds. The minimum absolute atomic E-state index is 0.0456. The van der Waals surface area contributed by atoms with Gasteiger partial charge in [-0.25, -0.2) is 0 Å². The van der Waals surface area contributed by atoms with Crippen LogP contribution < -0.4 is 5.32 Å². The number of hydrogen-bond acceptors (Lipinski definition) is 2. The van der Waals surface area contributed by atoms with E-state index in [2.05, 4.69) is 12.2 Å². The van der Waals surface area contributed by atoms with Crippen molar-refractivity contribution in [2.75, 3.05) is 6.54 Å². The molecule has 4 bridgehead atoms. The Kier molecular flexibility index (Phi) is 3.15. The number of nitrogens with one attached hydrogen (secondary N) is 1. The Morgan fingerprint density at radius 1 is 1.14 bits per heavy atom. The minimum Gasteiger partial charge on any atom is -0.393 e. The fourth-order valence-corrected chi connectivity index (χ4v) is 6.64. The lowest BCUT2D eigenvalue weighted by molar-refractivity contribution is -0.155. The Morgan fingerprint density at radius 3 is 2.43 bits per heavy atom. The van der Waals surface area contributed by atoms with Crippen molar-refractivity contribution in [1.82, 2.24) is 5.32 Å². The topological polar surface area (TPSA) is 49.3 Å². The van der Waals surface area contributed by atoms with Crippen LogP contribution in [0.3, 0.4) is 0 Å². The van der Waals surface area contributed by atoms with Crippen molar-refractivity contribution in [3.8, 4) is 0 Å². The molecular formula is C18H29NO2. The first-order valence-corrected chi connectivity index (χ1v) is 8.93. The fraction of sp³-hybridized carbons (Fsp3) is 0.944. The molecule has 2 N–H and O–H groups in total. The van der Waals surface area contributed by atoms with Crippen LogP contribution in [-0.4, -0.2) is 23.7 Å². The van der Waals surface area contributed by atoms with E-state index in [0.717, 1.165) is 56.9 Å². The van der Waals surface area contributed by atoms with Gasteiger partial charge >= 0.3 is 0 Å². The summed E-state index contributed by atoms with van der Waals surface area (Å²) < 4.78 is 0.